The summed E-state index contributed by atoms with van der Waals surface area (Å²) in [7, 11) is 0. The topological polar surface area (TPSA) is 65.2 Å². The van der Waals surface area contributed by atoms with Gasteiger partial charge in [0.2, 0.25) is 12.3 Å². The van der Waals surface area contributed by atoms with E-state index in [-0.39, 0.29) is 12.4 Å². The van der Waals surface area contributed by atoms with Gasteiger partial charge in [0.1, 0.15) is 5.75 Å². The summed E-state index contributed by atoms with van der Waals surface area (Å²) in [5, 5.41) is 7.50. The van der Waals surface area contributed by atoms with Gasteiger partial charge in [-0.25, -0.2) is 0 Å². The molecule has 1 aromatic heterocycles. The molecule has 0 aliphatic rings. The van der Waals surface area contributed by atoms with Crippen molar-refractivity contribution in [3.8, 4) is 17.2 Å². The molecule has 0 saturated carbocycles. The van der Waals surface area contributed by atoms with Crippen LogP contribution in [0, 0.1) is 27.7 Å². The van der Waals surface area contributed by atoms with Crippen molar-refractivity contribution in [2.75, 3.05) is 6.61 Å². The minimum Gasteiger partial charge on any atom is -0.485 e. The maximum absolute atomic E-state index is 12.6. The minimum atomic E-state index is -0.0234. The van der Waals surface area contributed by atoms with Crippen molar-refractivity contribution >= 4 is 5.78 Å². The molecule has 0 bridgehead atoms. The van der Waals surface area contributed by atoms with Gasteiger partial charge in [-0.15, -0.1) is 10.2 Å². The fourth-order valence-corrected chi connectivity index (χ4v) is 2.72. The van der Waals surface area contributed by atoms with Crippen LogP contribution in [-0.4, -0.2) is 22.6 Å². The van der Waals surface area contributed by atoms with Crippen LogP contribution in [-0.2, 0) is 0 Å². The van der Waals surface area contributed by atoms with Gasteiger partial charge < -0.3 is 9.15 Å². The highest BCUT2D eigenvalue weighted by Gasteiger charge is 2.14. The number of Topliss-reactive ketones (excluding diaryl/α,β-unsaturated/α-hetero) is 1. The Hall–Kier alpha value is -2.95. The van der Waals surface area contributed by atoms with Crippen molar-refractivity contribution < 1.29 is 13.9 Å². The first-order chi connectivity index (χ1) is 12.0. The summed E-state index contributed by atoms with van der Waals surface area (Å²) in [6, 6.07) is 9.15. The van der Waals surface area contributed by atoms with Crippen LogP contribution in [0.15, 0.2) is 41.1 Å². The molecule has 0 amide bonds. The molecular weight excluding hydrogens is 316 g/mol. The molecule has 3 rings (SSSR count). The number of hydrogen-bond acceptors (Lipinski definition) is 5. The number of ether oxygens (including phenoxy) is 1. The van der Waals surface area contributed by atoms with Crippen LogP contribution in [0.5, 0.6) is 5.75 Å². The Labute approximate surface area is 146 Å². The summed E-state index contributed by atoms with van der Waals surface area (Å²) in [4.78, 5) is 12.6. The summed E-state index contributed by atoms with van der Waals surface area (Å²) in [6.45, 7) is 8.13. The molecule has 5 nitrogen and oxygen atoms in total. The zero-order valence-corrected chi connectivity index (χ0v) is 14.8. The molecule has 3 aromatic rings. The standard InChI is InChI=1S/C20H20N2O3/c1-12-9-18(15(4)14(3)13(12)2)19(23)10-24-17-7-5-16(6-8-17)20-22-21-11-25-20/h5-9,11H,10H2,1-4H3. The van der Waals surface area contributed by atoms with E-state index in [4.69, 9.17) is 9.15 Å². The average molecular weight is 336 g/mol. The van der Waals surface area contributed by atoms with Crippen LogP contribution < -0.4 is 4.74 Å². The van der Waals surface area contributed by atoms with Crippen LogP contribution in [0.2, 0.25) is 0 Å². The van der Waals surface area contributed by atoms with Crippen LogP contribution in [0.25, 0.3) is 11.5 Å². The lowest BCUT2D eigenvalue weighted by Crippen LogP contribution is -2.14. The van der Waals surface area contributed by atoms with Gasteiger partial charge >= 0.3 is 0 Å². The van der Waals surface area contributed by atoms with E-state index >= 15 is 0 Å². The van der Waals surface area contributed by atoms with Gasteiger partial charge in [0.05, 0.1) is 0 Å². The van der Waals surface area contributed by atoms with E-state index in [2.05, 4.69) is 17.1 Å². The Kier molecular flexibility index (Phi) is 4.65. The van der Waals surface area contributed by atoms with Crippen molar-refractivity contribution in [2.45, 2.75) is 27.7 Å². The molecule has 0 saturated heterocycles. The number of nitrogens with zero attached hydrogens (tertiary/aromatic N) is 2. The normalized spacial score (nSPS) is 10.7. The number of carbonyl (C=O) groups is 1. The SMILES string of the molecule is Cc1cc(C(=O)COc2ccc(-c3nnco3)cc2)c(C)c(C)c1C. The number of carbonyl (C=O) groups excluding carboxylic acids is 1. The number of hydrogen-bond donors (Lipinski definition) is 0. The number of ketones is 1. The Morgan fingerprint density at radius 3 is 2.40 bits per heavy atom. The smallest absolute Gasteiger partial charge is 0.247 e. The molecule has 5 heteroatoms. The average Bonchev–Trinajstić information content (AvgIpc) is 3.16. The second-order valence-corrected chi connectivity index (χ2v) is 6.10. The van der Waals surface area contributed by atoms with Crippen molar-refractivity contribution in [2.24, 2.45) is 0 Å². The highest BCUT2D eigenvalue weighted by Crippen LogP contribution is 2.23. The largest absolute Gasteiger partial charge is 0.485 e. The molecule has 0 aliphatic heterocycles. The lowest BCUT2D eigenvalue weighted by Gasteiger charge is -2.14. The number of rotatable bonds is 5. The second kappa shape index (κ2) is 6.89. The molecule has 25 heavy (non-hydrogen) atoms. The Morgan fingerprint density at radius 2 is 1.76 bits per heavy atom. The highest BCUT2D eigenvalue weighted by molar-refractivity contribution is 5.99. The first kappa shape index (κ1) is 16.9. The lowest BCUT2D eigenvalue weighted by atomic mass is 9.93. The summed E-state index contributed by atoms with van der Waals surface area (Å²) in [5.74, 6) is 1.04. The number of aromatic nitrogens is 2. The van der Waals surface area contributed by atoms with Gasteiger partial charge in [-0.3, -0.25) is 4.79 Å². The van der Waals surface area contributed by atoms with E-state index in [0.29, 0.717) is 11.6 Å². The van der Waals surface area contributed by atoms with Crippen molar-refractivity contribution in [1.29, 1.82) is 0 Å². The van der Waals surface area contributed by atoms with Crippen molar-refractivity contribution in [3.63, 3.8) is 0 Å². The Bertz CT molecular complexity index is 898. The maximum atomic E-state index is 12.6. The van der Waals surface area contributed by atoms with Crippen molar-refractivity contribution in [3.05, 3.63) is 64.5 Å². The lowest BCUT2D eigenvalue weighted by molar-refractivity contribution is 0.0920. The molecular formula is C20H20N2O3. The predicted octanol–water partition coefficient (Wildman–Crippen LogP) is 4.23. The first-order valence-electron chi connectivity index (χ1n) is 8.07. The summed E-state index contributed by atoms with van der Waals surface area (Å²) in [6.07, 6.45) is 1.28. The molecule has 0 unspecified atom stereocenters. The third kappa shape index (κ3) is 3.45. The molecule has 1 heterocycles. The van der Waals surface area contributed by atoms with E-state index in [1.165, 1.54) is 12.0 Å². The molecule has 128 valence electrons. The summed E-state index contributed by atoms with van der Waals surface area (Å²) >= 11 is 0. The Morgan fingerprint density at radius 1 is 1.04 bits per heavy atom. The van der Waals surface area contributed by atoms with Gasteiger partial charge in [-0.1, -0.05) is 0 Å². The zero-order valence-electron chi connectivity index (χ0n) is 14.8. The number of aryl methyl sites for hydroxylation is 1. The van der Waals surface area contributed by atoms with E-state index in [0.717, 1.165) is 27.8 Å². The molecule has 0 fully saturated rings. The number of benzene rings is 2. The fourth-order valence-electron chi connectivity index (χ4n) is 2.72. The summed E-state index contributed by atoms with van der Waals surface area (Å²) in [5.41, 5.74) is 6.05. The van der Waals surface area contributed by atoms with Gasteiger partial charge in [0.25, 0.3) is 0 Å². The molecule has 0 aliphatic carbocycles. The van der Waals surface area contributed by atoms with Gasteiger partial charge in [0.15, 0.2) is 12.4 Å². The van der Waals surface area contributed by atoms with Gasteiger partial charge in [0, 0.05) is 11.1 Å². The van der Waals surface area contributed by atoms with Crippen LogP contribution in [0.1, 0.15) is 32.6 Å². The first-order valence-corrected chi connectivity index (χ1v) is 8.07. The van der Waals surface area contributed by atoms with Crippen molar-refractivity contribution in [1.82, 2.24) is 10.2 Å². The van der Waals surface area contributed by atoms with Gasteiger partial charge in [-0.05, 0) is 80.3 Å². The zero-order chi connectivity index (χ0) is 18.0. The third-order valence-electron chi connectivity index (χ3n) is 4.61. The highest BCUT2D eigenvalue weighted by atomic mass is 16.5. The predicted molar refractivity (Wildman–Crippen MR) is 94.9 cm³/mol. The second-order valence-electron chi connectivity index (χ2n) is 6.10. The van der Waals surface area contributed by atoms with Crippen LogP contribution >= 0.6 is 0 Å². The third-order valence-corrected chi connectivity index (χ3v) is 4.61. The van der Waals surface area contributed by atoms with E-state index in [1.54, 1.807) is 12.1 Å². The Balaban J connectivity index is 1.71. The molecule has 0 radical (unpaired) electrons. The van der Waals surface area contributed by atoms with E-state index in [1.807, 2.05) is 39.0 Å². The minimum absolute atomic E-state index is 0.00266. The molecule has 0 spiro atoms. The van der Waals surface area contributed by atoms with Crippen LogP contribution in [0.3, 0.4) is 0 Å². The molecule has 2 aromatic carbocycles. The van der Waals surface area contributed by atoms with Gasteiger partial charge in [-0.2, -0.15) is 0 Å². The quantitative estimate of drug-likeness (QED) is 0.652. The molecule has 0 atom stereocenters. The monoisotopic (exact) mass is 336 g/mol. The van der Waals surface area contributed by atoms with E-state index < -0.39 is 0 Å². The van der Waals surface area contributed by atoms with Crippen LogP contribution in [0.4, 0.5) is 0 Å². The summed E-state index contributed by atoms with van der Waals surface area (Å²) < 4.78 is 10.8. The fraction of sp³-hybridized carbons (Fsp3) is 0.250. The van der Waals surface area contributed by atoms with E-state index in [9.17, 15) is 4.79 Å². The molecule has 0 N–H and O–H groups in total. The maximum Gasteiger partial charge on any atom is 0.247 e.